The molecule has 2 N–H and O–H groups in total. The lowest BCUT2D eigenvalue weighted by Crippen LogP contribution is -2.26. The molecule has 0 saturated heterocycles. The molecular weight excluding hydrogens is 346 g/mol. The van der Waals surface area contributed by atoms with E-state index in [2.05, 4.69) is 10.3 Å². The summed E-state index contributed by atoms with van der Waals surface area (Å²) in [5, 5.41) is 12.6. The molecule has 0 aliphatic rings. The minimum absolute atomic E-state index is 0.0365. The van der Waals surface area contributed by atoms with Crippen LogP contribution in [0.2, 0.25) is 0 Å². The number of aromatic nitrogens is 2. The van der Waals surface area contributed by atoms with Crippen LogP contribution in [0.3, 0.4) is 0 Å². The molecule has 0 spiro atoms. The smallest absolute Gasteiger partial charge is 0.271 e. The summed E-state index contributed by atoms with van der Waals surface area (Å²) >= 11 is 0. The van der Waals surface area contributed by atoms with Gasteiger partial charge in [0.05, 0.1) is 13.2 Å². The summed E-state index contributed by atoms with van der Waals surface area (Å²) in [7, 11) is 0. The Morgan fingerprint density at radius 2 is 1.96 bits per heavy atom. The predicted molar refractivity (Wildman–Crippen MR) is 102 cm³/mol. The molecule has 0 fully saturated rings. The van der Waals surface area contributed by atoms with Crippen molar-refractivity contribution in [3.63, 3.8) is 0 Å². The summed E-state index contributed by atoms with van der Waals surface area (Å²) in [6.45, 7) is 5.44. The van der Waals surface area contributed by atoms with Crippen LogP contribution in [-0.4, -0.2) is 40.2 Å². The zero-order valence-corrected chi connectivity index (χ0v) is 15.4. The summed E-state index contributed by atoms with van der Waals surface area (Å²) in [5.41, 5.74) is 1.66. The van der Waals surface area contributed by atoms with Crippen LogP contribution in [0.1, 0.15) is 29.9 Å². The maximum Gasteiger partial charge on any atom is 0.271 e. The Labute approximate surface area is 157 Å². The lowest BCUT2D eigenvalue weighted by Gasteiger charge is -2.12. The van der Waals surface area contributed by atoms with E-state index in [1.807, 2.05) is 32.0 Å². The molecule has 2 aromatic heterocycles. The fourth-order valence-corrected chi connectivity index (χ4v) is 2.77. The molecule has 142 valence electrons. The van der Waals surface area contributed by atoms with Crippen LogP contribution in [-0.2, 0) is 6.42 Å². The summed E-state index contributed by atoms with van der Waals surface area (Å²) in [5.74, 6) is 1.18. The van der Waals surface area contributed by atoms with Crippen molar-refractivity contribution in [2.24, 2.45) is 0 Å². The van der Waals surface area contributed by atoms with Gasteiger partial charge in [0.15, 0.2) is 22.9 Å². The van der Waals surface area contributed by atoms with Crippen LogP contribution < -0.4 is 14.8 Å². The topological polar surface area (TPSA) is 85.1 Å². The second-order valence-corrected chi connectivity index (χ2v) is 5.90. The highest BCUT2D eigenvalue weighted by atomic mass is 16.5. The molecule has 0 radical (unpaired) electrons. The predicted octanol–water partition coefficient (Wildman–Crippen LogP) is 2.81. The van der Waals surface area contributed by atoms with Gasteiger partial charge in [-0.05, 0) is 50.1 Å². The second kappa shape index (κ2) is 8.44. The van der Waals surface area contributed by atoms with E-state index in [0.29, 0.717) is 37.6 Å². The van der Waals surface area contributed by atoms with Crippen molar-refractivity contribution in [1.29, 1.82) is 0 Å². The van der Waals surface area contributed by atoms with Gasteiger partial charge in [-0.1, -0.05) is 6.07 Å². The summed E-state index contributed by atoms with van der Waals surface area (Å²) in [6, 6.07) is 9.00. The Balaban J connectivity index is 1.62. The van der Waals surface area contributed by atoms with E-state index >= 15 is 0 Å². The molecule has 7 heteroatoms. The number of benzene rings is 1. The quantitative estimate of drug-likeness (QED) is 0.638. The molecule has 0 bridgehead atoms. The number of carbonyl (C=O) groups is 1. The van der Waals surface area contributed by atoms with E-state index < -0.39 is 0 Å². The molecule has 3 aromatic rings. The zero-order valence-electron chi connectivity index (χ0n) is 15.4. The average Bonchev–Trinajstić information content (AvgIpc) is 3.10. The van der Waals surface area contributed by atoms with Gasteiger partial charge in [0.1, 0.15) is 5.69 Å². The molecule has 3 rings (SSSR count). The van der Waals surface area contributed by atoms with E-state index in [9.17, 15) is 9.90 Å². The Hall–Kier alpha value is -3.22. The number of ether oxygens (including phenoxy) is 2. The lowest BCUT2D eigenvalue weighted by molar-refractivity contribution is 0.0950. The van der Waals surface area contributed by atoms with Crippen LogP contribution in [0, 0.1) is 0 Å². The van der Waals surface area contributed by atoms with Crippen molar-refractivity contribution in [1.82, 2.24) is 14.7 Å². The van der Waals surface area contributed by atoms with E-state index in [4.69, 9.17) is 9.47 Å². The summed E-state index contributed by atoms with van der Waals surface area (Å²) in [6.07, 6.45) is 3.97. The van der Waals surface area contributed by atoms with Gasteiger partial charge in [-0.3, -0.25) is 4.79 Å². The Morgan fingerprint density at radius 1 is 1.19 bits per heavy atom. The van der Waals surface area contributed by atoms with Crippen molar-refractivity contribution in [3.8, 4) is 17.2 Å². The van der Waals surface area contributed by atoms with E-state index in [-0.39, 0.29) is 17.4 Å². The first-order valence-electron chi connectivity index (χ1n) is 8.95. The highest BCUT2D eigenvalue weighted by molar-refractivity contribution is 5.93. The first-order chi connectivity index (χ1) is 13.1. The Bertz CT molecular complexity index is 936. The molecule has 1 amide bonds. The van der Waals surface area contributed by atoms with Gasteiger partial charge in [-0.15, -0.1) is 0 Å². The number of pyridine rings is 1. The number of imidazole rings is 1. The highest BCUT2D eigenvalue weighted by Crippen LogP contribution is 2.28. The molecule has 2 heterocycles. The van der Waals surface area contributed by atoms with Crippen LogP contribution in [0.25, 0.3) is 5.65 Å². The molecule has 0 aliphatic heterocycles. The molecule has 0 unspecified atom stereocenters. The number of nitrogens with zero attached hydrogens (tertiary/aromatic N) is 2. The van der Waals surface area contributed by atoms with Crippen molar-refractivity contribution < 1.29 is 19.4 Å². The molecule has 0 saturated carbocycles. The molecule has 0 aliphatic carbocycles. The summed E-state index contributed by atoms with van der Waals surface area (Å²) in [4.78, 5) is 16.5. The van der Waals surface area contributed by atoms with Crippen molar-refractivity contribution in [3.05, 3.63) is 54.0 Å². The third-order valence-electron chi connectivity index (χ3n) is 4.00. The number of hydrogen-bond acceptors (Lipinski definition) is 5. The van der Waals surface area contributed by atoms with E-state index in [1.165, 1.54) is 6.07 Å². The second-order valence-electron chi connectivity index (χ2n) is 5.90. The van der Waals surface area contributed by atoms with Gasteiger partial charge >= 0.3 is 0 Å². The minimum Gasteiger partial charge on any atom is -0.504 e. The van der Waals surface area contributed by atoms with Crippen molar-refractivity contribution >= 4 is 11.6 Å². The maximum absolute atomic E-state index is 12.3. The van der Waals surface area contributed by atoms with Gasteiger partial charge < -0.3 is 24.3 Å². The minimum atomic E-state index is -0.283. The first-order valence-corrected chi connectivity index (χ1v) is 8.95. The fraction of sp³-hybridized carbons (Fsp3) is 0.300. The molecule has 7 nitrogen and oxygen atoms in total. The average molecular weight is 369 g/mol. The monoisotopic (exact) mass is 369 g/mol. The number of nitrogens with one attached hydrogen (secondary N) is 1. The van der Waals surface area contributed by atoms with Crippen LogP contribution in [0.4, 0.5) is 0 Å². The maximum atomic E-state index is 12.3. The molecule has 0 atom stereocenters. The van der Waals surface area contributed by atoms with Crippen molar-refractivity contribution in [2.45, 2.75) is 20.3 Å². The fourth-order valence-electron chi connectivity index (χ4n) is 2.77. The van der Waals surface area contributed by atoms with Gasteiger partial charge in [-0.2, -0.15) is 0 Å². The molecule has 27 heavy (non-hydrogen) atoms. The molecule has 1 aromatic carbocycles. The van der Waals surface area contributed by atoms with Gasteiger partial charge in [0, 0.05) is 18.9 Å². The van der Waals surface area contributed by atoms with Crippen LogP contribution in [0.15, 0.2) is 42.7 Å². The third-order valence-corrected chi connectivity index (χ3v) is 4.00. The number of carbonyl (C=O) groups excluding carboxylic acids is 1. The highest BCUT2D eigenvalue weighted by Gasteiger charge is 2.12. The normalized spacial score (nSPS) is 10.7. The standard InChI is InChI=1S/C20H23N3O4/c1-3-26-17-8-7-14(12-18(17)27-4-2)9-10-21-20(25)15-13-23-11-5-6-16(24)19(23)22-15/h5-8,11-13,24H,3-4,9-10H2,1-2H3,(H,21,25). The Kier molecular flexibility index (Phi) is 5.80. The van der Waals surface area contributed by atoms with Gasteiger partial charge in [-0.25, -0.2) is 4.98 Å². The van der Waals surface area contributed by atoms with Gasteiger partial charge in [0.25, 0.3) is 5.91 Å². The first kappa shape index (κ1) is 18.6. The van der Waals surface area contributed by atoms with Gasteiger partial charge in [0.2, 0.25) is 0 Å². The van der Waals surface area contributed by atoms with Crippen LogP contribution in [0.5, 0.6) is 17.2 Å². The van der Waals surface area contributed by atoms with Crippen LogP contribution >= 0.6 is 0 Å². The van der Waals surface area contributed by atoms with Crippen molar-refractivity contribution in [2.75, 3.05) is 19.8 Å². The largest absolute Gasteiger partial charge is 0.504 e. The zero-order chi connectivity index (χ0) is 19.2. The number of amides is 1. The lowest BCUT2D eigenvalue weighted by atomic mass is 10.1. The number of rotatable bonds is 8. The van der Waals surface area contributed by atoms with E-state index in [0.717, 1.165) is 11.3 Å². The third kappa shape index (κ3) is 4.31. The molecular formula is C20H23N3O4. The number of fused-ring (bicyclic) bond motifs is 1. The number of aromatic hydroxyl groups is 1. The Morgan fingerprint density at radius 3 is 2.70 bits per heavy atom. The summed E-state index contributed by atoms with van der Waals surface area (Å²) < 4.78 is 12.8. The SMILES string of the molecule is CCOc1ccc(CCNC(=O)c2cn3cccc(O)c3n2)cc1OCC. The van der Waals surface area contributed by atoms with E-state index in [1.54, 1.807) is 22.9 Å². The number of hydrogen-bond donors (Lipinski definition) is 2.